The first-order chi connectivity index (χ1) is 9.40. The Morgan fingerprint density at radius 2 is 2.32 bits per heavy atom. The minimum Gasteiger partial charge on any atom is -0.487 e. The molecule has 0 aliphatic heterocycles. The van der Waals surface area contributed by atoms with Crippen LogP contribution in [-0.4, -0.2) is 15.2 Å². The summed E-state index contributed by atoms with van der Waals surface area (Å²) in [6.45, 7) is 0.531. The smallest absolute Gasteiger partial charge is 0.131 e. The molecule has 0 amide bonds. The summed E-state index contributed by atoms with van der Waals surface area (Å²) in [5, 5.41) is 10.3. The highest BCUT2D eigenvalue weighted by Gasteiger charge is 2.27. The van der Waals surface area contributed by atoms with Crippen LogP contribution in [0.2, 0.25) is 0 Å². The van der Waals surface area contributed by atoms with Gasteiger partial charge < -0.3 is 4.74 Å². The van der Waals surface area contributed by atoms with E-state index in [1.165, 1.54) is 18.4 Å². The summed E-state index contributed by atoms with van der Waals surface area (Å²) < 4.78 is 5.96. The van der Waals surface area contributed by atoms with Gasteiger partial charge in [0.05, 0.1) is 22.9 Å². The highest BCUT2D eigenvalue weighted by atomic mass is 32.1. The first kappa shape index (κ1) is 11.0. The third kappa shape index (κ3) is 2.10. The number of ether oxygens (including phenoxy) is 1. The van der Waals surface area contributed by atoms with E-state index in [1.54, 1.807) is 11.3 Å². The van der Waals surface area contributed by atoms with E-state index < -0.39 is 0 Å². The molecule has 1 fully saturated rings. The number of hydrogen-bond donors (Lipinski definition) is 1. The molecule has 0 unspecified atom stereocenters. The first-order valence-corrected chi connectivity index (χ1v) is 7.31. The Balaban J connectivity index is 1.68. The lowest BCUT2D eigenvalue weighted by Gasteiger charge is -2.10. The van der Waals surface area contributed by atoms with Crippen LogP contribution in [0.15, 0.2) is 29.2 Å². The number of H-pyrrole nitrogens is 1. The predicted octanol–water partition coefficient (Wildman–Crippen LogP) is 3.48. The summed E-state index contributed by atoms with van der Waals surface area (Å²) in [5.74, 6) is 1.62. The van der Waals surface area contributed by atoms with Gasteiger partial charge in [0, 0.05) is 16.8 Å². The van der Waals surface area contributed by atoms with Crippen molar-refractivity contribution in [3.63, 3.8) is 0 Å². The van der Waals surface area contributed by atoms with Crippen molar-refractivity contribution in [2.24, 2.45) is 0 Å². The number of rotatable bonds is 4. The number of aromatic nitrogens is 3. The zero-order valence-electron chi connectivity index (χ0n) is 10.3. The SMILES string of the molecule is c1nc(COc2cc3[nH]ncc3cc2C2CC2)cs1. The molecular formula is C14H13N3OS. The zero-order valence-corrected chi connectivity index (χ0v) is 11.1. The van der Waals surface area contributed by atoms with Crippen LogP contribution in [0.3, 0.4) is 0 Å². The molecule has 0 saturated heterocycles. The van der Waals surface area contributed by atoms with E-state index in [4.69, 9.17) is 4.74 Å². The van der Waals surface area contributed by atoms with E-state index in [1.807, 2.05) is 17.1 Å². The van der Waals surface area contributed by atoms with Gasteiger partial charge in [-0.1, -0.05) is 0 Å². The van der Waals surface area contributed by atoms with Crippen molar-refractivity contribution < 1.29 is 4.74 Å². The Hall–Kier alpha value is -1.88. The number of benzene rings is 1. The molecule has 1 saturated carbocycles. The summed E-state index contributed by atoms with van der Waals surface area (Å²) in [7, 11) is 0. The fraction of sp³-hybridized carbons (Fsp3) is 0.286. The molecule has 1 aliphatic rings. The highest BCUT2D eigenvalue weighted by Crippen LogP contribution is 2.45. The van der Waals surface area contributed by atoms with Gasteiger partial charge in [-0.05, 0) is 30.4 Å². The zero-order chi connectivity index (χ0) is 12.7. The Morgan fingerprint density at radius 3 is 3.11 bits per heavy atom. The van der Waals surface area contributed by atoms with Crippen molar-refractivity contribution in [2.75, 3.05) is 0 Å². The number of hydrogen-bond acceptors (Lipinski definition) is 4. The quantitative estimate of drug-likeness (QED) is 0.790. The van der Waals surface area contributed by atoms with Crippen LogP contribution in [0.1, 0.15) is 30.0 Å². The maximum absolute atomic E-state index is 5.96. The molecule has 5 heteroatoms. The molecule has 3 aromatic rings. The Bertz CT molecular complexity index is 701. The minimum atomic E-state index is 0.531. The molecule has 0 atom stereocenters. The molecule has 0 bridgehead atoms. The molecule has 96 valence electrons. The molecule has 2 aromatic heterocycles. The molecule has 1 aromatic carbocycles. The van der Waals surface area contributed by atoms with Crippen LogP contribution in [-0.2, 0) is 6.61 Å². The Kier molecular flexibility index (Phi) is 2.51. The van der Waals surface area contributed by atoms with Crippen LogP contribution < -0.4 is 4.74 Å². The second-order valence-electron chi connectivity index (χ2n) is 4.89. The molecule has 1 N–H and O–H groups in total. The summed E-state index contributed by atoms with van der Waals surface area (Å²) in [5.41, 5.74) is 5.15. The van der Waals surface area contributed by atoms with Gasteiger partial charge in [0.25, 0.3) is 0 Å². The largest absolute Gasteiger partial charge is 0.487 e. The fourth-order valence-corrected chi connectivity index (χ4v) is 2.83. The van der Waals surface area contributed by atoms with Crippen molar-refractivity contribution in [1.29, 1.82) is 0 Å². The van der Waals surface area contributed by atoms with Gasteiger partial charge >= 0.3 is 0 Å². The third-order valence-electron chi connectivity index (χ3n) is 3.45. The van der Waals surface area contributed by atoms with Gasteiger partial charge in [0.15, 0.2) is 0 Å². The minimum absolute atomic E-state index is 0.531. The molecule has 4 nitrogen and oxygen atoms in total. The number of fused-ring (bicyclic) bond motifs is 1. The van der Waals surface area contributed by atoms with Gasteiger partial charge in [-0.25, -0.2) is 4.98 Å². The first-order valence-electron chi connectivity index (χ1n) is 6.37. The number of nitrogens with one attached hydrogen (secondary N) is 1. The topological polar surface area (TPSA) is 50.8 Å². The van der Waals surface area contributed by atoms with Gasteiger partial charge in [-0.2, -0.15) is 5.10 Å². The molecule has 1 aliphatic carbocycles. The van der Waals surface area contributed by atoms with Crippen molar-refractivity contribution >= 4 is 22.2 Å². The molecule has 19 heavy (non-hydrogen) atoms. The van der Waals surface area contributed by atoms with Crippen LogP contribution in [0.5, 0.6) is 5.75 Å². The van der Waals surface area contributed by atoms with E-state index in [9.17, 15) is 0 Å². The van der Waals surface area contributed by atoms with Crippen molar-refractivity contribution in [2.45, 2.75) is 25.4 Å². The Morgan fingerprint density at radius 1 is 1.37 bits per heavy atom. The lowest BCUT2D eigenvalue weighted by Crippen LogP contribution is -1.98. The van der Waals surface area contributed by atoms with Crippen LogP contribution in [0.4, 0.5) is 0 Å². The molecule has 4 rings (SSSR count). The average Bonchev–Trinajstić information content (AvgIpc) is 2.96. The Labute approximate surface area is 114 Å². The second kappa shape index (κ2) is 4.35. The van der Waals surface area contributed by atoms with Gasteiger partial charge in [0.2, 0.25) is 0 Å². The molecular weight excluding hydrogens is 258 g/mol. The number of nitrogens with zero attached hydrogens (tertiary/aromatic N) is 2. The third-order valence-corrected chi connectivity index (χ3v) is 4.08. The summed E-state index contributed by atoms with van der Waals surface area (Å²) in [6.07, 6.45) is 4.39. The van der Waals surface area contributed by atoms with Crippen molar-refractivity contribution in [1.82, 2.24) is 15.2 Å². The summed E-state index contributed by atoms with van der Waals surface area (Å²) in [4.78, 5) is 4.25. The van der Waals surface area contributed by atoms with E-state index in [0.29, 0.717) is 12.5 Å². The van der Waals surface area contributed by atoms with E-state index in [0.717, 1.165) is 22.3 Å². The van der Waals surface area contributed by atoms with Crippen LogP contribution in [0, 0.1) is 0 Å². The summed E-state index contributed by atoms with van der Waals surface area (Å²) in [6, 6.07) is 4.26. The standard InChI is InChI=1S/C14H13N3OS/c1-2-9(1)12-3-10-5-16-17-13(10)4-14(12)18-6-11-7-19-8-15-11/h3-5,7-9H,1-2,6H2,(H,16,17). The van der Waals surface area contributed by atoms with Gasteiger partial charge in [-0.3, -0.25) is 5.10 Å². The van der Waals surface area contributed by atoms with Gasteiger partial charge in [-0.15, -0.1) is 11.3 Å². The highest BCUT2D eigenvalue weighted by molar-refractivity contribution is 7.07. The fourth-order valence-electron chi connectivity index (χ4n) is 2.29. The average molecular weight is 271 g/mol. The normalized spacial score (nSPS) is 14.9. The number of thiazole rings is 1. The predicted molar refractivity (Wildman–Crippen MR) is 74.5 cm³/mol. The van der Waals surface area contributed by atoms with Crippen molar-refractivity contribution in [3.8, 4) is 5.75 Å². The van der Waals surface area contributed by atoms with Crippen molar-refractivity contribution in [3.05, 3.63) is 40.5 Å². The van der Waals surface area contributed by atoms with Crippen LogP contribution >= 0.6 is 11.3 Å². The van der Waals surface area contributed by atoms with E-state index in [2.05, 4.69) is 27.3 Å². The second-order valence-corrected chi connectivity index (χ2v) is 5.61. The lowest BCUT2D eigenvalue weighted by atomic mass is 10.1. The van der Waals surface area contributed by atoms with E-state index >= 15 is 0 Å². The van der Waals surface area contributed by atoms with E-state index in [-0.39, 0.29) is 0 Å². The number of aromatic amines is 1. The lowest BCUT2D eigenvalue weighted by molar-refractivity contribution is 0.299. The van der Waals surface area contributed by atoms with Crippen LogP contribution in [0.25, 0.3) is 10.9 Å². The maximum atomic E-state index is 5.96. The molecule has 0 radical (unpaired) electrons. The van der Waals surface area contributed by atoms with Gasteiger partial charge in [0.1, 0.15) is 12.4 Å². The monoisotopic (exact) mass is 271 g/mol. The molecule has 2 heterocycles. The summed E-state index contributed by atoms with van der Waals surface area (Å²) >= 11 is 1.59. The molecule has 0 spiro atoms. The maximum Gasteiger partial charge on any atom is 0.131 e.